The predicted octanol–water partition coefficient (Wildman–Crippen LogP) is 3.47. The Kier molecular flexibility index (Phi) is 6.26. The van der Waals surface area contributed by atoms with Crippen molar-refractivity contribution in [2.45, 2.75) is 32.2 Å². The van der Waals surface area contributed by atoms with E-state index >= 15 is 0 Å². The molecule has 5 nitrogen and oxygen atoms in total. The van der Waals surface area contributed by atoms with Crippen molar-refractivity contribution in [3.63, 3.8) is 0 Å². The van der Waals surface area contributed by atoms with Crippen LogP contribution in [0.25, 0.3) is 0 Å². The molecule has 0 radical (unpaired) electrons. The third kappa shape index (κ3) is 5.10. The highest BCUT2D eigenvalue weighted by atomic mass is 16.3. The molecule has 0 aliphatic carbocycles. The number of aryl methyl sites for hydroxylation is 1. The number of carbonyl (C=O) groups is 1. The number of rotatable bonds is 7. The van der Waals surface area contributed by atoms with E-state index in [0.29, 0.717) is 13.1 Å². The molecule has 1 unspecified atom stereocenters. The molecule has 2 aromatic rings. The minimum atomic E-state index is -0.167. The van der Waals surface area contributed by atoms with E-state index in [1.165, 1.54) is 11.1 Å². The van der Waals surface area contributed by atoms with Gasteiger partial charge in [-0.05, 0) is 44.3 Å². The van der Waals surface area contributed by atoms with Crippen LogP contribution in [-0.4, -0.2) is 38.1 Å². The first-order valence-corrected chi connectivity index (χ1v) is 8.59. The first kappa shape index (κ1) is 19.1. The molecule has 25 heavy (non-hydrogen) atoms. The first-order chi connectivity index (χ1) is 11.8. The van der Waals surface area contributed by atoms with Crippen molar-refractivity contribution in [1.29, 1.82) is 0 Å². The minimum Gasteiger partial charge on any atom is -0.468 e. The summed E-state index contributed by atoms with van der Waals surface area (Å²) in [5, 5.41) is 5.93. The molecule has 136 valence electrons. The maximum Gasteiger partial charge on any atom is 0.314 e. The summed E-state index contributed by atoms with van der Waals surface area (Å²) >= 11 is 0. The van der Waals surface area contributed by atoms with Crippen LogP contribution >= 0.6 is 0 Å². The highest BCUT2D eigenvalue weighted by Gasteiger charge is 2.23. The molecule has 0 aliphatic rings. The van der Waals surface area contributed by atoms with Gasteiger partial charge < -0.3 is 15.1 Å². The molecule has 0 fully saturated rings. The molecular formula is C20H29N3O2. The average molecular weight is 343 g/mol. The van der Waals surface area contributed by atoms with Crippen LogP contribution in [0.5, 0.6) is 0 Å². The fourth-order valence-corrected chi connectivity index (χ4v) is 3.00. The smallest absolute Gasteiger partial charge is 0.314 e. The van der Waals surface area contributed by atoms with Crippen molar-refractivity contribution in [2.75, 3.05) is 27.2 Å². The fourth-order valence-electron chi connectivity index (χ4n) is 3.00. The summed E-state index contributed by atoms with van der Waals surface area (Å²) in [5.41, 5.74) is 2.35. The van der Waals surface area contributed by atoms with Crippen LogP contribution < -0.4 is 10.6 Å². The summed E-state index contributed by atoms with van der Waals surface area (Å²) in [6.45, 7) is 7.43. The Balaban J connectivity index is 1.89. The van der Waals surface area contributed by atoms with Crippen molar-refractivity contribution in [3.05, 3.63) is 59.5 Å². The zero-order valence-electron chi connectivity index (χ0n) is 15.8. The Hall–Kier alpha value is -2.27. The SMILES string of the molecule is Cc1ccccc1C(C)(C)CNC(=O)NCC(c1ccco1)N(C)C. The molecule has 1 heterocycles. The molecule has 0 aliphatic heterocycles. The Morgan fingerprint density at radius 3 is 2.48 bits per heavy atom. The summed E-state index contributed by atoms with van der Waals surface area (Å²) in [5.74, 6) is 0.838. The molecule has 0 saturated carbocycles. The monoisotopic (exact) mass is 343 g/mol. The van der Waals surface area contributed by atoms with E-state index in [4.69, 9.17) is 4.42 Å². The average Bonchev–Trinajstić information content (AvgIpc) is 3.07. The molecular weight excluding hydrogens is 314 g/mol. The number of urea groups is 1. The van der Waals surface area contributed by atoms with E-state index < -0.39 is 0 Å². The first-order valence-electron chi connectivity index (χ1n) is 8.59. The van der Waals surface area contributed by atoms with Crippen molar-refractivity contribution >= 4 is 6.03 Å². The summed E-state index contributed by atoms with van der Waals surface area (Å²) in [4.78, 5) is 14.3. The lowest BCUT2D eigenvalue weighted by Gasteiger charge is -2.28. The number of amides is 2. The summed E-state index contributed by atoms with van der Waals surface area (Å²) < 4.78 is 5.46. The topological polar surface area (TPSA) is 57.5 Å². The lowest BCUT2D eigenvalue weighted by atomic mass is 9.82. The van der Waals surface area contributed by atoms with Crippen LogP contribution in [0.3, 0.4) is 0 Å². The summed E-state index contributed by atoms with van der Waals surface area (Å²) in [6, 6.07) is 11.9. The van der Waals surface area contributed by atoms with Crippen LogP contribution in [0.15, 0.2) is 47.1 Å². The zero-order chi connectivity index (χ0) is 18.4. The van der Waals surface area contributed by atoms with E-state index in [2.05, 4.69) is 43.5 Å². The molecule has 0 spiro atoms. The Morgan fingerprint density at radius 2 is 1.88 bits per heavy atom. The molecule has 2 amide bonds. The van der Waals surface area contributed by atoms with Gasteiger partial charge in [0.2, 0.25) is 0 Å². The second kappa shape index (κ2) is 8.21. The van der Waals surface area contributed by atoms with E-state index in [-0.39, 0.29) is 17.5 Å². The lowest BCUT2D eigenvalue weighted by Crippen LogP contribution is -2.44. The quantitative estimate of drug-likeness (QED) is 0.809. The third-order valence-electron chi connectivity index (χ3n) is 4.52. The number of nitrogens with zero attached hydrogens (tertiary/aromatic N) is 1. The van der Waals surface area contributed by atoms with Gasteiger partial charge in [-0.2, -0.15) is 0 Å². The zero-order valence-corrected chi connectivity index (χ0v) is 15.8. The maximum absolute atomic E-state index is 12.2. The van der Waals surface area contributed by atoms with Gasteiger partial charge in [-0.25, -0.2) is 4.79 Å². The van der Waals surface area contributed by atoms with E-state index in [0.717, 1.165) is 5.76 Å². The van der Waals surface area contributed by atoms with Crippen molar-refractivity contribution < 1.29 is 9.21 Å². The number of furan rings is 1. The number of benzene rings is 1. The Bertz CT molecular complexity index is 678. The standard InChI is InChI=1S/C20H29N3O2/c1-15-9-6-7-10-16(15)20(2,3)14-22-19(24)21-13-17(23(4)5)18-11-8-12-25-18/h6-12,17H,13-14H2,1-5H3,(H2,21,22,24). The van der Waals surface area contributed by atoms with Gasteiger partial charge in [0.25, 0.3) is 0 Å². The van der Waals surface area contributed by atoms with Crippen molar-refractivity contribution in [3.8, 4) is 0 Å². The van der Waals surface area contributed by atoms with Crippen LogP contribution in [0, 0.1) is 6.92 Å². The number of hydrogen-bond donors (Lipinski definition) is 2. The normalized spacial score (nSPS) is 12.9. The molecule has 1 aromatic heterocycles. The molecule has 1 aromatic carbocycles. The predicted molar refractivity (Wildman–Crippen MR) is 101 cm³/mol. The van der Waals surface area contributed by atoms with Gasteiger partial charge in [0.15, 0.2) is 0 Å². The number of nitrogens with one attached hydrogen (secondary N) is 2. The van der Waals surface area contributed by atoms with E-state index in [1.54, 1.807) is 6.26 Å². The summed E-state index contributed by atoms with van der Waals surface area (Å²) in [7, 11) is 3.93. The summed E-state index contributed by atoms with van der Waals surface area (Å²) in [6.07, 6.45) is 1.65. The molecule has 1 atom stereocenters. The van der Waals surface area contributed by atoms with Gasteiger partial charge in [-0.1, -0.05) is 38.1 Å². The highest BCUT2D eigenvalue weighted by Crippen LogP contribution is 2.25. The van der Waals surface area contributed by atoms with E-state index in [1.807, 2.05) is 43.3 Å². The molecule has 0 saturated heterocycles. The molecule has 0 bridgehead atoms. The van der Waals surface area contributed by atoms with Crippen LogP contribution in [-0.2, 0) is 5.41 Å². The van der Waals surface area contributed by atoms with Gasteiger partial charge in [-0.15, -0.1) is 0 Å². The Labute approximate surface area is 150 Å². The third-order valence-corrected chi connectivity index (χ3v) is 4.52. The fraction of sp³-hybridized carbons (Fsp3) is 0.450. The number of hydrogen-bond acceptors (Lipinski definition) is 3. The van der Waals surface area contributed by atoms with E-state index in [9.17, 15) is 4.79 Å². The highest BCUT2D eigenvalue weighted by molar-refractivity contribution is 5.74. The number of carbonyl (C=O) groups excluding carboxylic acids is 1. The molecule has 5 heteroatoms. The Morgan fingerprint density at radius 1 is 1.16 bits per heavy atom. The second-order valence-corrected chi connectivity index (χ2v) is 7.26. The van der Waals surface area contributed by atoms with Crippen molar-refractivity contribution in [2.24, 2.45) is 0 Å². The van der Waals surface area contributed by atoms with Gasteiger partial charge >= 0.3 is 6.03 Å². The minimum absolute atomic E-state index is 0.00475. The van der Waals surface area contributed by atoms with Gasteiger partial charge in [-0.3, -0.25) is 4.90 Å². The van der Waals surface area contributed by atoms with Gasteiger partial charge in [0.1, 0.15) is 5.76 Å². The molecule has 2 rings (SSSR count). The van der Waals surface area contributed by atoms with Crippen molar-refractivity contribution in [1.82, 2.24) is 15.5 Å². The van der Waals surface area contributed by atoms with Gasteiger partial charge in [0.05, 0.1) is 12.3 Å². The second-order valence-electron chi connectivity index (χ2n) is 7.26. The molecule has 2 N–H and O–H groups in total. The maximum atomic E-state index is 12.2. The largest absolute Gasteiger partial charge is 0.468 e. The number of likely N-dealkylation sites (N-methyl/N-ethyl adjacent to an activating group) is 1. The van der Waals surface area contributed by atoms with Gasteiger partial charge in [0, 0.05) is 18.5 Å². The lowest BCUT2D eigenvalue weighted by molar-refractivity contribution is 0.223. The van der Waals surface area contributed by atoms with Crippen LogP contribution in [0.1, 0.15) is 36.8 Å². The van der Waals surface area contributed by atoms with Crippen LogP contribution in [0.4, 0.5) is 4.79 Å². The van der Waals surface area contributed by atoms with Crippen LogP contribution in [0.2, 0.25) is 0 Å².